The van der Waals surface area contributed by atoms with Gasteiger partial charge in [-0.1, -0.05) is 72.4 Å². The molecule has 7 rings (SSSR count). The molecule has 6 bridgehead atoms. The average molecular weight is 537 g/mol. The summed E-state index contributed by atoms with van der Waals surface area (Å²) in [6, 6.07) is 38.5. The molecule has 4 nitrogen and oxygen atoms in total. The minimum absolute atomic E-state index is 0.948. The van der Waals surface area contributed by atoms with E-state index in [2.05, 4.69) is 150 Å². The van der Waals surface area contributed by atoms with E-state index in [1.807, 2.05) is 0 Å². The minimum atomic E-state index is 0.948. The number of benzene rings is 3. The molecule has 5 heteroatoms. The Kier molecular flexibility index (Phi) is 6.14. The maximum absolute atomic E-state index is 5.22. The SMILES string of the molecule is CN(C)c1ccc(Sc2c3nc(c(-c4ccccc4)c4ccc([nH]4)c(-c4ccccc4)c4ccc2[nH]4)C=C3)cc1. The zero-order valence-electron chi connectivity index (χ0n) is 22.3. The van der Waals surface area contributed by atoms with Gasteiger partial charge in [-0.25, -0.2) is 4.98 Å². The van der Waals surface area contributed by atoms with Crippen molar-refractivity contribution in [2.45, 2.75) is 9.79 Å². The molecule has 40 heavy (non-hydrogen) atoms. The molecule has 0 unspecified atom stereocenters. The number of fused-ring (bicyclic) bond motifs is 6. The molecule has 3 aromatic carbocycles. The van der Waals surface area contributed by atoms with Gasteiger partial charge in [-0.2, -0.15) is 0 Å². The molecule has 0 saturated carbocycles. The Hall–Kier alpha value is -4.74. The zero-order valence-corrected chi connectivity index (χ0v) is 23.2. The lowest BCUT2D eigenvalue weighted by atomic mass is 10.0. The molecule has 0 radical (unpaired) electrons. The Bertz CT molecular complexity index is 1930. The summed E-state index contributed by atoms with van der Waals surface area (Å²) in [5.41, 5.74) is 11.8. The predicted octanol–water partition coefficient (Wildman–Crippen LogP) is 9.20. The topological polar surface area (TPSA) is 47.7 Å². The van der Waals surface area contributed by atoms with E-state index in [0.717, 1.165) is 60.6 Å². The Morgan fingerprint density at radius 1 is 0.550 bits per heavy atom. The van der Waals surface area contributed by atoms with Crippen LogP contribution in [0.25, 0.3) is 56.5 Å². The summed E-state index contributed by atoms with van der Waals surface area (Å²) in [5.74, 6) is 0. The zero-order chi connectivity index (χ0) is 27.1. The fourth-order valence-corrected chi connectivity index (χ4v) is 6.23. The monoisotopic (exact) mass is 536 g/mol. The second-order valence-corrected chi connectivity index (χ2v) is 11.2. The van der Waals surface area contributed by atoms with E-state index >= 15 is 0 Å². The maximum atomic E-state index is 5.22. The summed E-state index contributed by atoms with van der Waals surface area (Å²) < 4.78 is 0. The molecule has 4 heterocycles. The van der Waals surface area contributed by atoms with Crippen LogP contribution in [0.5, 0.6) is 0 Å². The Morgan fingerprint density at radius 2 is 1.07 bits per heavy atom. The van der Waals surface area contributed by atoms with Crippen molar-refractivity contribution in [3.63, 3.8) is 0 Å². The average Bonchev–Trinajstić information content (AvgIpc) is 3.76. The predicted molar refractivity (Wildman–Crippen MR) is 170 cm³/mol. The Labute approximate surface area is 237 Å². The fourth-order valence-electron chi connectivity index (χ4n) is 5.27. The maximum Gasteiger partial charge on any atom is 0.0798 e. The van der Waals surface area contributed by atoms with Crippen LogP contribution < -0.4 is 4.90 Å². The normalized spacial score (nSPS) is 11.8. The lowest BCUT2D eigenvalue weighted by molar-refractivity contribution is 1.13. The fraction of sp³-hybridized carbons (Fsp3) is 0.0571. The minimum Gasteiger partial charge on any atom is -0.378 e. The highest BCUT2D eigenvalue weighted by atomic mass is 32.2. The first-order chi connectivity index (χ1) is 19.6. The van der Waals surface area contributed by atoms with Gasteiger partial charge in [0.1, 0.15) is 0 Å². The molecule has 0 amide bonds. The van der Waals surface area contributed by atoms with Gasteiger partial charge in [0.25, 0.3) is 0 Å². The third kappa shape index (κ3) is 4.44. The number of aromatic amines is 2. The van der Waals surface area contributed by atoms with Gasteiger partial charge < -0.3 is 14.9 Å². The summed E-state index contributed by atoms with van der Waals surface area (Å²) in [7, 11) is 4.13. The van der Waals surface area contributed by atoms with Crippen LogP contribution in [0, 0.1) is 0 Å². The molecule has 0 saturated heterocycles. The van der Waals surface area contributed by atoms with Gasteiger partial charge in [0.15, 0.2) is 0 Å². The lowest BCUT2D eigenvalue weighted by Crippen LogP contribution is -2.07. The van der Waals surface area contributed by atoms with Gasteiger partial charge in [0.05, 0.1) is 21.8 Å². The van der Waals surface area contributed by atoms with E-state index in [1.165, 1.54) is 10.6 Å². The van der Waals surface area contributed by atoms with Crippen molar-refractivity contribution in [1.82, 2.24) is 15.0 Å². The van der Waals surface area contributed by atoms with E-state index in [1.54, 1.807) is 11.8 Å². The first kappa shape index (κ1) is 24.3. The first-order valence-corrected chi connectivity index (χ1v) is 14.2. The number of nitrogens with zero attached hydrogens (tertiary/aromatic N) is 2. The van der Waals surface area contributed by atoms with Crippen LogP contribution in [0.1, 0.15) is 11.4 Å². The Morgan fingerprint density at radius 3 is 1.70 bits per heavy atom. The highest BCUT2D eigenvalue weighted by Gasteiger charge is 2.16. The van der Waals surface area contributed by atoms with Crippen molar-refractivity contribution >= 4 is 51.7 Å². The summed E-state index contributed by atoms with van der Waals surface area (Å²) in [4.78, 5) is 17.1. The standard InChI is InChI=1S/C35H28N4S/c1-39(2)25-13-15-26(16-14-25)40-35-31-21-19-29(37-31)33(23-9-5-3-6-10-23)27-17-18-28(36-27)34(24-11-7-4-8-12-24)30-20-22-32(35)38-30/h3-22,36-37H,1-2H3. The van der Waals surface area contributed by atoms with E-state index in [0.29, 0.717) is 0 Å². The van der Waals surface area contributed by atoms with E-state index < -0.39 is 0 Å². The van der Waals surface area contributed by atoms with E-state index in [4.69, 9.17) is 4.98 Å². The quantitative estimate of drug-likeness (QED) is 0.230. The second-order valence-electron chi connectivity index (χ2n) is 10.1. The van der Waals surface area contributed by atoms with Crippen LogP contribution in [0.15, 0.2) is 119 Å². The number of aromatic nitrogens is 3. The van der Waals surface area contributed by atoms with Crippen molar-refractivity contribution in [1.29, 1.82) is 0 Å². The van der Waals surface area contributed by atoms with Gasteiger partial charge in [-0.3, -0.25) is 0 Å². The molecule has 1 aliphatic heterocycles. The molecule has 3 aromatic heterocycles. The van der Waals surface area contributed by atoms with Crippen molar-refractivity contribution in [2.75, 3.05) is 19.0 Å². The van der Waals surface area contributed by atoms with Crippen LogP contribution >= 0.6 is 11.8 Å². The molecule has 2 N–H and O–H groups in total. The smallest absolute Gasteiger partial charge is 0.0798 e. The lowest BCUT2D eigenvalue weighted by Gasteiger charge is -2.12. The number of hydrogen-bond donors (Lipinski definition) is 2. The Balaban J connectivity index is 1.55. The molecule has 0 aliphatic carbocycles. The summed E-state index contributed by atoms with van der Waals surface area (Å²) in [6.45, 7) is 0. The molecule has 0 spiro atoms. The largest absolute Gasteiger partial charge is 0.378 e. The van der Waals surface area contributed by atoms with Gasteiger partial charge >= 0.3 is 0 Å². The molecule has 6 aromatic rings. The number of H-pyrrole nitrogens is 2. The third-order valence-electron chi connectivity index (χ3n) is 7.25. The molecule has 0 atom stereocenters. The highest BCUT2D eigenvalue weighted by molar-refractivity contribution is 7.99. The van der Waals surface area contributed by atoms with Crippen LogP contribution in [-0.4, -0.2) is 29.0 Å². The van der Waals surface area contributed by atoms with Gasteiger partial charge in [0.2, 0.25) is 0 Å². The van der Waals surface area contributed by atoms with Crippen molar-refractivity contribution in [3.8, 4) is 22.3 Å². The van der Waals surface area contributed by atoms with Gasteiger partial charge in [-0.15, -0.1) is 0 Å². The molecular formula is C35H28N4S. The molecular weight excluding hydrogens is 508 g/mol. The molecule has 1 aliphatic rings. The van der Waals surface area contributed by atoms with Crippen LogP contribution in [0.4, 0.5) is 5.69 Å². The third-order valence-corrected chi connectivity index (χ3v) is 8.39. The number of rotatable bonds is 5. The van der Waals surface area contributed by atoms with Gasteiger partial charge in [0, 0.05) is 52.4 Å². The highest BCUT2D eigenvalue weighted by Crippen LogP contribution is 2.39. The van der Waals surface area contributed by atoms with Crippen LogP contribution in [0.3, 0.4) is 0 Å². The molecule has 0 fully saturated rings. The van der Waals surface area contributed by atoms with E-state index in [9.17, 15) is 0 Å². The van der Waals surface area contributed by atoms with E-state index in [-0.39, 0.29) is 0 Å². The second kappa shape index (κ2) is 10.1. The van der Waals surface area contributed by atoms with Crippen molar-refractivity contribution in [2.24, 2.45) is 0 Å². The number of hydrogen-bond acceptors (Lipinski definition) is 3. The van der Waals surface area contributed by atoms with Crippen molar-refractivity contribution in [3.05, 3.63) is 121 Å². The van der Waals surface area contributed by atoms with Gasteiger partial charge in [-0.05, 0) is 71.8 Å². The number of anilines is 1. The summed E-state index contributed by atoms with van der Waals surface area (Å²) in [6.07, 6.45) is 4.27. The summed E-state index contributed by atoms with van der Waals surface area (Å²) in [5, 5.41) is 0. The number of nitrogens with one attached hydrogen (secondary N) is 2. The van der Waals surface area contributed by atoms with Crippen LogP contribution in [-0.2, 0) is 0 Å². The summed E-state index contributed by atoms with van der Waals surface area (Å²) >= 11 is 1.74. The molecule has 194 valence electrons. The van der Waals surface area contributed by atoms with Crippen molar-refractivity contribution < 1.29 is 0 Å². The van der Waals surface area contributed by atoms with Crippen LogP contribution in [0.2, 0.25) is 0 Å². The first-order valence-electron chi connectivity index (χ1n) is 13.3.